The number of carbonyl (C=O) groups is 1. The van der Waals surface area contributed by atoms with Crippen LogP contribution in [0.4, 0.5) is 4.79 Å². The molecule has 4 rings (SSSR count). The molecule has 0 unspecified atom stereocenters. The van der Waals surface area contributed by atoms with Crippen LogP contribution in [0.3, 0.4) is 0 Å². The Morgan fingerprint density at radius 3 is 2.04 bits per heavy atom. The van der Waals surface area contributed by atoms with Crippen LogP contribution in [0.5, 0.6) is 0 Å². The predicted molar refractivity (Wildman–Crippen MR) is 95.1 cm³/mol. The number of carbonyl (C=O) groups excluding carboxylic acids is 1. The van der Waals surface area contributed by atoms with E-state index in [9.17, 15) is 4.79 Å². The molecule has 2 spiro atoms. The van der Waals surface area contributed by atoms with Gasteiger partial charge in [0.15, 0.2) is 0 Å². The standard InChI is InChI=1S/C11H20N2O2.C7H14N2/c1-10(2,3)15-9(14)13-7-11(8-13)4-5-12-6-11;1-9-3-2-7(6-9)4-8-5-7/h12H,4-8H2,1-3H3;8H,2-6H2,1H3. The highest BCUT2D eigenvalue weighted by Crippen LogP contribution is 2.36. The van der Waals surface area contributed by atoms with E-state index in [4.69, 9.17) is 4.74 Å². The first kappa shape index (κ1) is 18.0. The van der Waals surface area contributed by atoms with E-state index >= 15 is 0 Å². The summed E-state index contributed by atoms with van der Waals surface area (Å²) >= 11 is 0. The first-order valence-corrected chi connectivity index (χ1v) is 9.29. The second kappa shape index (κ2) is 6.46. The van der Waals surface area contributed by atoms with Crippen LogP contribution in [0.15, 0.2) is 0 Å². The summed E-state index contributed by atoms with van der Waals surface area (Å²) in [6.45, 7) is 14.7. The van der Waals surface area contributed by atoms with Crippen molar-refractivity contribution < 1.29 is 9.53 Å². The highest BCUT2D eigenvalue weighted by molar-refractivity contribution is 5.69. The number of nitrogens with one attached hydrogen (secondary N) is 2. The van der Waals surface area contributed by atoms with Gasteiger partial charge >= 0.3 is 6.09 Å². The van der Waals surface area contributed by atoms with Gasteiger partial charge in [0.05, 0.1) is 0 Å². The molecule has 1 amide bonds. The number of ether oxygens (including phenoxy) is 1. The molecule has 24 heavy (non-hydrogen) atoms. The van der Waals surface area contributed by atoms with Crippen LogP contribution in [-0.2, 0) is 4.74 Å². The van der Waals surface area contributed by atoms with Crippen LogP contribution in [0.25, 0.3) is 0 Å². The summed E-state index contributed by atoms with van der Waals surface area (Å²) < 4.78 is 5.31. The number of rotatable bonds is 0. The monoisotopic (exact) mass is 338 g/mol. The van der Waals surface area contributed by atoms with E-state index in [1.165, 1.54) is 39.0 Å². The van der Waals surface area contributed by atoms with Crippen LogP contribution in [0.1, 0.15) is 33.6 Å². The minimum absolute atomic E-state index is 0.167. The van der Waals surface area contributed by atoms with Gasteiger partial charge in [0.1, 0.15) is 5.60 Å². The molecule has 2 N–H and O–H groups in total. The van der Waals surface area contributed by atoms with Crippen molar-refractivity contribution in [2.45, 2.75) is 39.2 Å². The minimum Gasteiger partial charge on any atom is -0.444 e. The molecule has 0 bridgehead atoms. The minimum atomic E-state index is -0.381. The van der Waals surface area contributed by atoms with Crippen molar-refractivity contribution in [2.75, 3.05) is 59.4 Å². The van der Waals surface area contributed by atoms with Gasteiger partial charge in [-0.3, -0.25) is 0 Å². The molecule has 4 fully saturated rings. The summed E-state index contributed by atoms with van der Waals surface area (Å²) in [6, 6.07) is 0. The third-order valence-corrected chi connectivity index (χ3v) is 5.67. The number of hydrogen-bond acceptors (Lipinski definition) is 5. The lowest BCUT2D eigenvalue weighted by molar-refractivity contribution is -0.0271. The zero-order valence-electron chi connectivity index (χ0n) is 15.8. The Labute approximate surface area is 146 Å². The third kappa shape index (κ3) is 4.03. The fourth-order valence-corrected chi connectivity index (χ4v) is 4.21. The van der Waals surface area contributed by atoms with Crippen LogP contribution >= 0.6 is 0 Å². The molecule has 6 heteroatoms. The van der Waals surface area contributed by atoms with Gasteiger partial charge in [-0.1, -0.05) is 0 Å². The first-order valence-electron chi connectivity index (χ1n) is 9.29. The number of likely N-dealkylation sites (tertiary alicyclic amines) is 2. The second-order valence-electron chi connectivity index (χ2n) is 9.35. The summed E-state index contributed by atoms with van der Waals surface area (Å²) in [6.07, 6.45) is 2.43. The van der Waals surface area contributed by atoms with Crippen LogP contribution in [0, 0.1) is 10.8 Å². The maximum Gasteiger partial charge on any atom is 0.410 e. The van der Waals surface area contributed by atoms with Gasteiger partial charge in [0, 0.05) is 50.1 Å². The molecule has 0 radical (unpaired) electrons. The highest BCUT2D eigenvalue weighted by Gasteiger charge is 2.47. The largest absolute Gasteiger partial charge is 0.444 e. The Morgan fingerprint density at radius 1 is 1.00 bits per heavy atom. The summed E-state index contributed by atoms with van der Waals surface area (Å²) in [7, 11) is 2.22. The Bertz CT molecular complexity index is 456. The van der Waals surface area contributed by atoms with E-state index in [-0.39, 0.29) is 11.7 Å². The van der Waals surface area contributed by atoms with Crippen molar-refractivity contribution in [3.63, 3.8) is 0 Å². The Morgan fingerprint density at radius 2 is 1.67 bits per heavy atom. The summed E-state index contributed by atoms with van der Waals surface area (Å²) in [5.74, 6) is 0. The van der Waals surface area contributed by atoms with Crippen molar-refractivity contribution in [1.29, 1.82) is 0 Å². The molecular formula is C18H34N4O2. The molecule has 6 nitrogen and oxygen atoms in total. The summed E-state index contributed by atoms with van der Waals surface area (Å²) in [5.41, 5.74) is 0.680. The van der Waals surface area contributed by atoms with E-state index in [0.29, 0.717) is 10.8 Å². The third-order valence-electron chi connectivity index (χ3n) is 5.67. The van der Waals surface area contributed by atoms with Gasteiger partial charge in [-0.25, -0.2) is 4.79 Å². The van der Waals surface area contributed by atoms with Crippen molar-refractivity contribution in [3.8, 4) is 0 Å². The van der Waals surface area contributed by atoms with Crippen molar-refractivity contribution in [3.05, 3.63) is 0 Å². The fraction of sp³-hybridized carbons (Fsp3) is 0.944. The van der Waals surface area contributed by atoms with Gasteiger partial charge in [-0.15, -0.1) is 0 Å². The molecular weight excluding hydrogens is 304 g/mol. The number of nitrogens with zero attached hydrogens (tertiary/aromatic N) is 2. The van der Waals surface area contributed by atoms with Gasteiger partial charge in [-0.05, 0) is 53.8 Å². The van der Waals surface area contributed by atoms with E-state index in [1.54, 1.807) is 4.90 Å². The fourth-order valence-electron chi connectivity index (χ4n) is 4.21. The highest BCUT2D eigenvalue weighted by atomic mass is 16.6. The van der Waals surface area contributed by atoms with E-state index < -0.39 is 0 Å². The van der Waals surface area contributed by atoms with E-state index in [1.807, 2.05) is 20.8 Å². The molecule has 4 saturated heterocycles. The van der Waals surface area contributed by atoms with Crippen LogP contribution in [0.2, 0.25) is 0 Å². The predicted octanol–water partition coefficient (Wildman–Crippen LogP) is 1.13. The van der Waals surface area contributed by atoms with Gasteiger partial charge in [0.25, 0.3) is 0 Å². The molecule has 0 aliphatic carbocycles. The number of hydrogen-bond donors (Lipinski definition) is 2. The summed E-state index contributed by atoms with van der Waals surface area (Å²) in [5, 5.41) is 6.68. The maximum atomic E-state index is 11.7. The molecule has 4 aliphatic rings. The Balaban J connectivity index is 0.000000159. The average molecular weight is 338 g/mol. The first-order chi connectivity index (χ1) is 11.2. The smallest absolute Gasteiger partial charge is 0.410 e. The maximum absolute atomic E-state index is 11.7. The molecule has 138 valence electrons. The van der Waals surface area contributed by atoms with Crippen molar-refractivity contribution >= 4 is 6.09 Å². The SMILES string of the molecule is CC(C)(C)OC(=O)N1CC2(CCNC2)C1.CN1CCC2(CNC2)C1. The van der Waals surface area contributed by atoms with E-state index in [0.717, 1.165) is 26.2 Å². The van der Waals surface area contributed by atoms with Crippen LogP contribution in [-0.4, -0.2) is 80.9 Å². The second-order valence-corrected chi connectivity index (χ2v) is 9.35. The molecule has 4 heterocycles. The Hall–Kier alpha value is -0.850. The molecule has 0 saturated carbocycles. The quantitative estimate of drug-likeness (QED) is 0.693. The normalized spacial score (nSPS) is 27.4. The zero-order valence-corrected chi connectivity index (χ0v) is 15.8. The Kier molecular flexibility index (Phi) is 4.84. The molecule has 4 aliphatic heterocycles. The molecule has 0 aromatic rings. The lowest BCUT2D eigenvalue weighted by atomic mass is 9.79. The van der Waals surface area contributed by atoms with Crippen molar-refractivity contribution in [1.82, 2.24) is 20.4 Å². The van der Waals surface area contributed by atoms with Gasteiger partial charge in [-0.2, -0.15) is 0 Å². The average Bonchev–Trinajstić information content (AvgIpc) is 3.01. The molecule has 0 aromatic heterocycles. The zero-order chi connectivity index (χ0) is 17.4. The lowest BCUT2D eigenvalue weighted by Gasteiger charge is -2.47. The molecule has 0 aromatic carbocycles. The summed E-state index contributed by atoms with van der Waals surface area (Å²) in [4.78, 5) is 15.9. The van der Waals surface area contributed by atoms with Gasteiger partial charge in [0.2, 0.25) is 0 Å². The number of amides is 1. The molecule has 0 atom stereocenters. The topological polar surface area (TPSA) is 56.8 Å². The van der Waals surface area contributed by atoms with Crippen LogP contribution < -0.4 is 10.6 Å². The van der Waals surface area contributed by atoms with Gasteiger partial charge < -0.3 is 25.2 Å². The lowest BCUT2D eigenvalue weighted by Crippen LogP contribution is -2.60. The van der Waals surface area contributed by atoms with Crippen molar-refractivity contribution in [2.24, 2.45) is 10.8 Å². The van der Waals surface area contributed by atoms with E-state index in [2.05, 4.69) is 22.6 Å².